The predicted octanol–water partition coefficient (Wildman–Crippen LogP) is 0.920. The van der Waals surface area contributed by atoms with E-state index in [1.165, 1.54) is 0 Å². The van der Waals surface area contributed by atoms with Crippen LogP contribution in [-0.4, -0.2) is 24.8 Å². The van der Waals surface area contributed by atoms with Crippen molar-refractivity contribution in [2.45, 2.75) is 13.5 Å². The molecule has 0 saturated heterocycles. The zero-order chi connectivity index (χ0) is 10.9. The SMILES string of the molecule is CCOCCOCc1ccc(NN)nc1. The van der Waals surface area contributed by atoms with E-state index in [4.69, 9.17) is 15.3 Å². The number of hydrogen-bond donors (Lipinski definition) is 2. The van der Waals surface area contributed by atoms with E-state index < -0.39 is 0 Å². The average Bonchev–Trinajstić information content (AvgIpc) is 2.30. The minimum absolute atomic E-state index is 0.547. The van der Waals surface area contributed by atoms with Gasteiger partial charge in [0.2, 0.25) is 0 Å². The largest absolute Gasteiger partial charge is 0.379 e. The van der Waals surface area contributed by atoms with Crippen molar-refractivity contribution in [2.24, 2.45) is 5.84 Å². The van der Waals surface area contributed by atoms with Crippen LogP contribution >= 0.6 is 0 Å². The fourth-order valence-electron chi connectivity index (χ4n) is 1.05. The van der Waals surface area contributed by atoms with Crippen LogP contribution in [0.5, 0.6) is 0 Å². The van der Waals surface area contributed by atoms with E-state index in [2.05, 4.69) is 10.4 Å². The minimum atomic E-state index is 0.547. The van der Waals surface area contributed by atoms with Crippen LogP contribution in [0.2, 0.25) is 0 Å². The fraction of sp³-hybridized carbons (Fsp3) is 0.500. The summed E-state index contributed by atoms with van der Waals surface area (Å²) in [4.78, 5) is 4.06. The second kappa shape index (κ2) is 7.17. The van der Waals surface area contributed by atoms with Crippen LogP contribution in [0.1, 0.15) is 12.5 Å². The van der Waals surface area contributed by atoms with E-state index in [-0.39, 0.29) is 0 Å². The molecule has 1 rings (SSSR count). The number of anilines is 1. The fourth-order valence-corrected chi connectivity index (χ4v) is 1.05. The Bertz CT molecular complexity index is 264. The van der Waals surface area contributed by atoms with Crippen LogP contribution in [-0.2, 0) is 16.1 Å². The predicted molar refractivity (Wildman–Crippen MR) is 58.2 cm³/mol. The average molecular weight is 211 g/mol. The summed E-state index contributed by atoms with van der Waals surface area (Å²) in [5.74, 6) is 5.84. The van der Waals surface area contributed by atoms with Crippen LogP contribution in [0, 0.1) is 0 Å². The van der Waals surface area contributed by atoms with Gasteiger partial charge in [-0.3, -0.25) is 0 Å². The molecule has 0 aliphatic carbocycles. The van der Waals surface area contributed by atoms with Crippen LogP contribution in [0.3, 0.4) is 0 Å². The van der Waals surface area contributed by atoms with Crippen LogP contribution in [0.15, 0.2) is 18.3 Å². The normalized spacial score (nSPS) is 10.3. The second-order valence-corrected chi connectivity index (χ2v) is 2.95. The van der Waals surface area contributed by atoms with Gasteiger partial charge < -0.3 is 14.9 Å². The third kappa shape index (κ3) is 4.73. The molecule has 84 valence electrons. The van der Waals surface area contributed by atoms with E-state index in [0.29, 0.717) is 25.6 Å². The highest BCUT2D eigenvalue weighted by atomic mass is 16.5. The van der Waals surface area contributed by atoms with Crippen molar-refractivity contribution >= 4 is 5.82 Å². The van der Waals surface area contributed by atoms with Crippen molar-refractivity contribution < 1.29 is 9.47 Å². The summed E-state index contributed by atoms with van der Waals surface area (Å²) in [6.45, 7) is 4.46. The van der Waals surface area contributed by atoms with E-state index >= 15 is 0 Å². The van der Waals surface area contributed by atoms with Gasteiger partial charge in [-0.1, -0.05) is 6.07 Å². The zero-order valence-corrected chi connectivity index (χ0v) is 8.90. The first kappa shape index (κ1) is 11.9. The number of nitrogens with two attached hydrogens (primary N) is 1. The lowest BCUT2D eigenvalue weighted by Gasteiger charge is -2.05. The maximum absolute atomic E-state index is 5.38. The van der Waals surface area contributed by atoms with Gasteiger partial charge >= 0.3 is 0 Å². The summed E-state index contributed by atoms with van der Waals surface area (Å²) in [5, 5.41) is 0. The first-order valence-corrected chi connectivity index (χ1v) is 4.94. The van der Waals surface area contributed by atoms with Crippen LogP contribution in [0.25, 0.3) is 0 Å². The summed E-state index contributed by atoms with van der Waals surface area (Å²) >= 11 is 0. The Morgan fingerprint density at radius 3 is 2.73 bits per heavy atom. The molecule has 15 heavy (non-hydrogen) atoms. The van der Waals surface area contributed by atoms with Gasteiger partial charge in [0.1, 0.15) is 5.82 Å². The molecule has 5 heteroatoms. The maximum atomic E-state index is 5.38. The van der Waals surface area contributed by atoms with Gasteiger partial charge in [-0.05, 0) is 18.6 Å². The Balaban J connectivity index is 2.20. The molecule has 0 fully saturated rings. The van der Waals surface area contributed by atoms with Crippen molar-refractivity contribution in [3.05, 3.63) is 23.9 Å². The number of pyridine rings is 1. The zero-order valence-electron chi connectivity index (χ0n) is 8.90. The third-order valence-electron chi connectivity index (χ3n) is 1.82. The van der Waals surface area contributed by atoms with E-state index in [1.54, 1.807) is 12.3 Å². The molecule has 5 nitrogen and oxygen atoms in total. The number of rotatable bonds is 7. The Morgan fingerprint density at radius 2 is 2.13 bits per heavy atom. The first-order valence-electron chi connectivity index (χ1n) is 4.94. The highest BCUT2D eigenvalue weighted by molar-refractivity contribution is 5.33. The topological polar surface area (TPSA) is 69.4 Å². The summed E-state index contributed by atoms with van der Waals surface area (Å²) in [5.41, 5.74) is 3.49. The summed E-state index contributed by atoms with van der Waals surface area (Å²) in [6.07, 6.45) is 1.73. The quantitative estimate of drug-likeness (QED) is 0.399. The van der Waals surface area contributed by atoms with Gasteiger partial charge in [0.15, 0.2) is 0 Å². The van der Waals surface area contributed by atoms with Crippen molar-refractivity contribution in [3.8, 4) is 0 Å². The smallest absolute Gasteiger partial charge is 0.139 e. The molecular weight excluding hydrogens is 194 g/mol. The number of hydrazine groups is 1. The van der Waals surface area contributed by atoms with E-state index in [1.807, 2.05) is 13.0 Å². The van der Waals surface area contributed by atoms with Crippen molar-refractivity contribution in [1.82, 2.24) is 4.98 Å². The second-order valence-electron chi connectivity index (χ2n) is 2.95. The summed E-state index contributed by atoms with van der Waals surface area (Å²) in [7, 11) is 0. The molecule has 0 unspecified atom stereocenters. The highest BCUT2D eigenvalue weighted by Gasteiger charge is 1.95. The Kier molecular flexibility index (Phi) is 5.69. The summed E-state index contributed by atoms with van der Waals surface area (Å²) < 4.78 is 10.5. The first-order chi connectivity index (χ1) is 7.36. The third-order valence-corrected chi connectivity index (χ3v) is 1.82. The Morgan fingerprint density at radius 1 is 1.33 bits per heavy atom. The van der Waals surface area contributed by atoms with E-state index in [9.17, 15) is 0 Å². The molecule has 0 spiro atoms. The van der Waals surface area contributed by atoms with Gasteiger partial charge in [-0.2, -0.15) is 0 Å². The van der Waals surface area contributed by atoms with Crippen molar-refractivity contribution in [1.29, 1.82) is 0 Å². The Labute approximate surface area is 89.6 Å². The van der Waals surface area contributed by atoms with Crippen molar-refractivity contribution in [3.63, 3.8) is 0 Å². The number of hydrogen-bond acceptors (Lipinski definition) is 5. The van der Waals surface area contributed by atoms with Gasteiger partial charge in [0.25, 0.3) is 0 Å². The number of nitrogen functional groups attached to an aromatic ring is 1. The molecule has 1 aromatic rings. The molecule has 0 aliphatic rings. The maximum Gasteiger partial charge on any atom is 0.139 e. The molecule has 0 bridgehead atoms. The number of ether oxygens (including phenoxy) is 2. The molecule has 1 heterocycles. The summed E-state index contributed by atoms with van der Waals surface area (Å²) in [6, 6.07) is 3.73. The standard InChI is InChI=1S/C10H17N3O2/c1-2-14-5-6-15-8-9-3-4-10(13-11)12-7-9/h3-4,7H,2,5-6,8,11H2,1H3,(H,12,13). The van der Waals surface area contributed by atoms with Gasteiger partial charge in [-0.25, -0.2) is 10.8 Å². The lowest BCUT2D eigenvalue weighted by Crippen LogP contribution is -2.08. The van der Waals surface area contributed by atoms with Crippen LogP contribution in [0.4, 0.5) is 5.82 Å². The number of nitrogens with zero attached hydrogens (tertiary/aromatic N) is 1. The molecule has 0 aromatic carbocycles. The minimum Gasteiger partial charge on any atom is -0.379 e. The van der Waals surface area contributed by atoms with Crippen molar-refractivity contribution in [2.75, 3.05) is 25.2 Å². The van der Waals surface area contributed by atoms with E-state index in [0.717, 1.165) is 12.2 Å². The molecule has 0 radical (unpaired) electrons. The molecular formula is C10H17N3O2. The molecule has 3 N–H and O–H groups in total. The lowest BCUT2D eigenvalue weighted by atomic mass is 10.3. The van der Waals surface area contributed by atoms with Gasteiger partial charge in [0.05, 0.1) is 19.8 Å². The highest BCUT2D eigenvalue weighted by Crippen LogP contribution is 2.04. The molecule has 0 amide bonds. The Hall–Kier alpha value is -1.17. The molecule has 0 saturated carbocycles. The van der Waals surface area contributed by atoms with Gasteiger partial charge in [-0.15, -0.1) is 0 Å². The molecule has 1 aromatic heterocycles. The number of nitrogens with one attached hydrogen (secondary N) is 1. The molecule has 0 atom stereocenters. The molecule has 0 aliphatic heterocycles. The number of aromatic nitrogens is 1. The van der Waals surface area contributed by atoms with Gasteiger partial charge in [0, 0.05) is 12.8 Å². The van der Waals surface area contributed by atoms with Crippen LogP contribution < -0.4 is 11.3 Å². The monoisotopic (exact) mass is 211 g/mol. The lowest BCUT2D eigenvalue weighted by molar-refractivity contribution is 0.0452.